The Morgan fingerprint density at radius 3 is 2.08 bits per heavy atom. The summed E-state index contributed by atoms with van der Waals surface area (Å²) in [5.41, 5.74) is 0. The van der Waals surface area contributed by atoms with Gasteiger partial charge in [0.05, 0.1) is 0 Å². The van der Waals surface area contributed by atoms with Gasteiger partial charge in [-0.2, -0.15) is 0 Å². The van der Waals surface area contributed by atoms with Crippen molar-refractivity contribution in [3.8, 4) is 0 Å². The Hall–Kier alpha value is -0.0400. The first-order valence-corrected chi connectivity index (χ1v) is 6.05. The maximum Gasteiger partial charge on any atom is 0.00922 e. The molecule has 78 valence electrons. The van der Waals surface area contributed by atoms with E-state index in [2.05, 4.69) is 18.9 Å². The Kier molecular flexibility index (Phi) is 5.45. The van der Waals surface area contributed by atoms with Gasteiger partial charge in [-0.3, -0.25) is 0 Å². The molecule has 0 atom stereocenters. The van der Waals surface area contributed by atoms with E-state index in [1.54, 1.807) is 0 Å². The summed E-state index contributed by atoms with van der Waals surface area (Å²) in [7, 11) is 2.30. The molecular weight excluding hydrogens is 158 g/mol. The molecule has 13 heavy (non-hydrogen) atoms. The summed E-state index contributed by atoms with van der Waals surface area (Å²) in [6.45, 7) is 3.56. The number of hydrogen-bond donors (Lipinski definition) is 0. The summed E-state index contributed by atoms with van der Waals surface area (Å²) in [6, 6.07) is 0.889. The summed E-state index contributed by atoms with van der Waals surface area (Å²) >= 11 is 0. The second-order valence-corrected chi connectivity index (χ2v) is 4.48. The monoisotopic (exact) mass is 183 g/mol. The maximum atomic E-state index is 2.57. The summed E-state index contributed by atoms with van der Waals surface area (Å²) in [4.78, 5) is 2.57. The summed E-state index contributed by atoms with van der Waals surface area (Å²) < 4.78 is 0. The van der Waals surface area contributed by atoms with Crippen molar-refractivity contribution in [1.29, 1.82) is 0 Å². The molecule has 1 heteroatoms. The Morgan fingerprint density at radius 1 is 1.00 bits per heavy atom. The fraction of sp³-hybridized carbons (Fsp3) is 1.00. The molecule has 0 N–H and O–H groups in total. The molecular formula is C12H25N. The van der Waals surface area contributed by atoms with E-state index in [1.807, 2.05) is 0 Å². The molecule has 1 rings (SSSR count). The highest BCUT2D eigenvalue weighted by molar-refractivity contribution is 4.70. The van der Waals surface area contributed by atoms with Crippen LogP contribution in [0.2, 0.25) is 0 Å². The van der Waals surface area contributed by atoms with E-state index in [9.17, 15) is 0 Å². The molecule has 0 spiro atoms. The third-order valence-corrected chi connectivity index (χ3v) is 3.27. The van der Waals surface area contributed by atoms with Gasteiger partial charge in [0.2, 0.25) is 0 Å². The van der Waals surface area contributed by atoms with E-state index in [4.69, 9.17) is 0 Å². The first-order valence-electron chi connectivity index (χ1n) is 6.05. The van der Waals surface area contributed by atoms with Crippen LogP contribution in [0.5, 0.6) is 0 Å². The van der Waals surface area contributed by atoms with Gasteiger partial charge in [-0.1, -0.05) is 39.0 Å². The Balaban J connectivity index is 2.27. The van der Waals surface area contributed by atoms with Gasteiger partial charge >= 0.3 is 0 Å². The summed E-state index contributed by atoms with van der Waals surface area (Å²) in [5, 5.41) is 0. The normalized spacial score (nSPS) is 21.5. The number of hydrogen-bond acceptors (Lipinski definition) is 1. The van der Waals surface area contributed by atoms with Crippen molar-refractivity contribution in [3.05, 3.63) is 0 Å². The zero-order valence-corrected chi connectivity index (χ0v) is 9.39. The first kappa shape index (κ1) is 11.0. The quantitative estimate of drug-likeness (QED) is 0.648. The van der Waals surface area contributed by atoms with Crippen molar-refractivity contribution in [2.75, 3.05) is 13.6 Å². The van der Waals surface area contributed by atoms with Gasteiger partial charge in [-0.15, -0.1) is 0 Å². The second kappa shape index (κ2) is 6.42. The minimum Gasteiger partial charge on any atom is -0.303 e. The molecule has 0 aromatic carbocycles. The second-order valence-electron chi connectivity index (χ2n) is 4.48. The van der Waals surface area contributed by atoms with E-state index in [0.29, 0.717) is 0 Å². The third-order valence-electron chi connectivity index (χ3n) is 3.27. The highest BCUT2D eigenvalue weighted by atomic mass is 15.1. The minimum absolute atomic E-state index is 0.889. The van der Waals surface area contributed by atoms with Crippen LogP contribution in [0.3, 0.4) is 0 Å². The largest absolute Gasteiger partial charge is 0.303 e. The van der Waals surface area contributed by atoms with Crippen LogP contribution >= 0.6 is 0 Å². The van der Waals surface area contributed by atoms with Gasteiger partial charge in [0.25, 0.3) is 0 Å². The van der Waals surface area contributed by atoms with Gasteiger partial charge in [-0.25, -0.2) is 0 Å². The van der Waals surface area contributed by atoms with Crippen LogP contribution in [0.15, 0.2) is 0 Å². The van der Waals surface area contributed by atoms with Crippen LogP contribution in [-0.4, -0.2) is 24.5 Å². The lowest BCUT2D eigenvalue weighted by Gasteiger charge is -2.29. The smallest absolute Gasteiger partial charge is 0.00922 e. The van der Waals surface area contributed by atoms with Crippen molar-refractivity contribution in [3.63, 3.8) is 0 Å². The lowest BCUT2D eigenvalue weighted by Crippen LogP contribution is -2.32. The van der Waals surface area contributed by atoms with Crippen LogP contribution in [-0.2, 0) is 0 Å². The van der Waals surface area contributed by atoms with E-state index in [-0.39, 0.29) is 0 Å². The molecule has 0 bridgehead atoms. The summed E-state index contributed by atoms with van der Waals surface area (Å²) in [5.74, 6) is 0. The van der Waals surface area contributed by atoms with Crippen molar-refractivity contribution < 1.29 is 0 Å². The van der Waals surface area contributed by atoms with Crippen molar-refractivity contribution >= 4 is 0 Å². The maximum absolute atomic E-state index is 2.57. The molecule has 1 fully saturated rings. The van der Waals surface area contributed by atoms with E-state index < -0.39 is 0 Å². The fourth-order valence-corrected chi connectivity index (χ4v) is 2.41. The molecule has 1 nitrogen and oxygen atoms in total. The predicted molar refractivity (Wildman–Crippen MR) is 59.0 cm³/mol. The van der Waals surface area contributed by atoms with Gasteiger partial charge in [0.1, 0.15) is 0 Å². The van der Waals surface area contributed by atoms with Crippen molar-refractivity contribution in [2.24, 2.45) is 0 Å². The molecule has 0 heterocycles. The zero-order chi connectivity index (χ0) is 9.52. The predicted octanol–water partition coefficient (Wildman–Crippen LogP) is 3.44. The molecule has 0 radical (unpaired) electrons. The summed E-state index contributed by atoms with van der Waals surface area (Å²) in [6.07, 6.45) is 11.5. The number of nitrogens with zero attached hydrogens (tertiary/aromatic N) is 1. The van der Waals surface area contributed by atoms with Crippen LogP contribution in [0, 0.1) is 0 Å². The molecule has 0 saturated heterocycles. The van der Waals surface area contributed by atoms with Gasteiger partial charge in [0, 0.05) is 6.04 Å². The standard InChI is InChI=1S/C12H25N/c1-3-11-13(2)12-9-7-5-4-6-8-10-12/h12H,3-11H2,1-2H3. The lowest BCUT2D eigenvalue weighted by atomic mass is 9.96. The molecule has 0 amide bonds. The molecule has 0 aromatic heterocycles. The third kappa shape index (κ3) is 4.12. The minimum atomic E-state index is 0.889. The highest BCUT2D eigenvalue weighted by Gasteiger charge is 2.14. The van der Waals surface area contributed by atoms with E-state index in [0.717, 1.165) is 6.04 Å². The van der Waals surface area contributed by atoms with E-state index >= 15 is 0 Å². The van der Waals surface area contributed by atoms with Crippen LogP contribution < -0.4 is 0 Å². The topological polar surface area (TPSA) is 3.24 Å². The molecule has 0 aliphatic heterocycles. The Labute approximate surface area is 83.5 Å². The molecule has 1 saturated carbocycles. The molecule has 0 aromatic rings. The number of rotatable bonds is 3. The Morgan fingerprint density at radius 2 is 1.54 bits per heavy atom. The average molecular weight is 183 g/mol. The van der Waals surface area contributed by atoms with Crippen LogP contribution in [0.25, 0.3) is 0 Å². The average Bonchev–Trinajstić information content (AvgIpc) is 2.03. The SMILES string of the molecule is CCCN(C)C1CCCCCCC1. The van der Waals surface area contributed by atoms with E-state index in [1.165, 1.54) is 57.9 Å². The first-order chi connectivity index (χ1) is 6.34. The van der Waals surface area contributed by atoms with Crippen LogP contribution in [0.1, 0.15) is 58.3 Å². The zero-order valence-electron chi connectivity index (χ0n) is 9.39. The molecule has 0 unspecified atom stereocenters. The Bertz CT molecular complexity index is 114. The molecule has 1 aliphatic rings. The molecule has 1 aliphatic carbocycles. The van der Waals surface area contributed by atoms with Crippen molar-refractivity contribution in [2.45, 2.75) is 64.3 Å². The van der Waals surface area contributed by atoms with Gasteiger partial charge in [-0.05, 0) is 32.9 Å². The van der Waals surface area contributed by atoms with Gasteiger partial charge < -0.3 is 4.90 Å². The van der Waals surface area contributed by atoms with Crippen molar-refractivity contribution in [1.82, 2.24) is 4.90 Å². The lowest BCUT2D eigenvalue weighted by molar-refractivity contribution is 0.203. The fourth-order valence-electron chi connectivity index (χ4n) is 2.41. The van der Waals surface area contributed by atoms with Gasteiger partial charge in [0.15, 0.2) is 0 Å². The highest BCUT2D eigenvalue weighted by Crippen LogP contribution is 2.20. The van der Waals surface area contributed by atoms with Crippen LogP contribution in [0.4, 0.5) is 0 Å².